The van der Waals surface area contributed by atoms with Crippen molar-refractivity contribution >= 4 is 33.2 Å². The Morgan fingerprint density at radius 2 is 2.19 bits per heavy atom. The number of nitrogens with zero attached hydrogens (tertiary/aromatic N) is 2. The second-order valence-electron chi connectivity index (χ2n) is 7.92. The van der Waals surface area contributed by atoms with Crippen molar-refractivity contribution in [2.24, 2.45) is 5.92 Å². The van der Waals surface area contributed by atoms with Gasteiger partial charge in [0.15, 0.2) is 0 Å². The quantitative estimate of drug-likeness (QED) is 0.415. The summed E-state index contributed by atoms with van der Waals surface area (Å²) in [6.07, 6.45) is 1.13. The van der Waals surface area contributed by atoms with Gasteiger partial charge in [0.1, 0.15) is 10.7 Å². The molecule has 1 atom stereocenters. The van der Waals surface area contributed by atoms with E-state index in [1.165, 1.54) is 11.3 Å². The Kier molecular flexibility index (Phi) is 8.40. The first-order chi connectivity index (χ1) is 14.9. The Labute approximate surface area is 191 Å². The van der Waals surface area contributed by atoms with Crippen LogP contribution in [-0.4, -0.2) is 52.4 Å². The first kappa shape index (κ1) is 23.6. The lowest BCUT2D eigenvalue weighted by Crippen LogP contribution is -2.35. The normalized spacial score (nSPS) is 12.7. The molecule has 3 aromatic rings. The maximum Gasteiger partial charge on any atom is 0.260 e. The van der Waals surface area contributed by atoms with Gasteiger partial charge in [0.25, 0.3) is 5.56 Å². The summed E-state index contributed by atoms with van der Waals surface area (Å²) in [6.45, 7) is 10.1. The summed E-state index contributed by atoms with van der Waals surface area (Å²) in [5.74, 6) is 0.967. The zero-order chi connectivity index (χ0) is 22.4. The van der Waals surface area contributed by atoms with E-state index < -0.39 is 6.10 Å². The molecule has 0 fully saturated rings. The summed E-state index contributed by atoms with van der Waals surface area (Å²) >= 11 is 7.54. The van der Waals surface area contributed by atoms with E-state index >= 15 is 0 Å². The van der Waals surface area contributed by atoms with Crippen molar-refractivity contribution in [1.29, 1.82) is 0 Å². The third kappa shape index (κ3) is 6.48. The fourth-order valence-electron chi connectivity index (χ4n) is 3.33. The number of thiophene rings is 1. The van der Waals surface area contributed by atoms with Crippen LogP contribution < -0.4 is 5.56 Å². The molecule has 3 rings (SSSR count). The maximum absolute atomic E-state index is 12.9. The van der Waals surface area contributed by atoms with E-state index in [1.807, 2.05) is 28.5 Å². The fourth-order valence-corrected chi connectivity index (χ4v) is 4.48. The first-order valence-electron chi connectivity index (χ1n) is 10.2. The van der Waals surface area contributed by atoms with Gasteiger partial charge in [0, 0.05) is 35.7 Å². The molecular weight excluding hydrogens is 434 g/mol. The Morgan fingerprint density at radius 1 is 1.39 bits per heavy atom. The van der Waals surface area contributed by atoms with Gasteiger partial charge in [-0.05, 0) is 23.6 Å². The average Bonchev–Trinajstić information content (AvgIpc) is 3.12. The Morgan fingerprint density at radius 3 is 2.90 bits per heavy atom. The highest BCUT2D eigenvalue weighted by molar-refractivity contribution is 7.17. The number of halogens is 1. The van der Waals surface area contributed by atoms with E-state index in [0.717, 1.165) is 11.1 Å². The van der Waals surface area contributed by atoms with Crippen molar-refractivity contribution < 1.29 is 9.84 Å². The highest BCUT2D eigenvalue weighted by Gasteiger charge is 2.16. The number of nitrogens with one attached hydrogen (secondary N) is 1. The van der Waals surface area contributed by atoms with Gasteiger partial charge >= 0.3 is 0 Å². The molecule has 166 valence electrons. The summed E-state index contributed by atoms with van der Waals surface area (Å²) in [7, 11) is 0. The minimum Gasteiger partial charge on any atom is -0.389 e. The molecule has 2 heterocycles. The smallest absolute Gasteiger partial charge is 0.260 e. The van der Waals surface area contributed by atoms with Crippen LogP contribution in [0.4, 0.5) is 0 Å². The number of aliphatic hydroxyl groups is 1. The fraction of sp³-hybridized carbons (Fsp3) is 0.391. The molecule has 0 bridgehead atoms. The molecule has 1 aromatic carbocycles. The molecule has 0 saturated heterocycles. The van der Waals surface area contributed by atoms with Gasteiger partial charge in [-0.1, -0.05) is 43.7 Å². The highest BCUT2D eigenvalue weighted by atomic mass is 35.5. The first-order valence-corrected chi connectivity index (χ1v) is 11.5. The SMILES string of the molecule is C=CCN(Cc1nc2scc(-c3cccc(Cl)c3)c2c(=O)[nH]1)CC(O)COCC(C)C. The van der Waals surface area contributed by atoms with Gasteiger partial charge in [0.05, 0.1) is 24.6 Å². The molecule has 6 nitrogen and oxygen atoms in total. The number of fused-ring (bicyclic) bond motifs is 1. The molecule has 31 heavy (non-hydrogen) atoms. The maximum atomic E-state index is 12.9. The monoisotopic (exact) mass is 461 g/mol. The van der Waals surface area contributed by atoms with Gasteiger partial charge in [-0.15, -0.1) is 17.9 Å². The minimum absolute atomic E-state index is 0.185. The number of aromatic nitrogens is 2. The molecule has 0 aliphatic carbocycles. The molecule has 1 unspecified atom stereocenters. The number of ether oxygens (including phenoxy) is 1. The Balaban J connectivity index is 1.77. The molecule has 0 spiro atoms. The third-order valence-electron chi connectivity index (χ3n) is 4.62. The molecule has 0 aliphatic rings. The number of benzene rings is 1. The Bertz CT molecular complexity index is 1080. The number of aromatic amines is 1. The van der Waals surface area contributed by atoms with Crippen LogP contribution in [0.25, 0.3) is 21.3 Å². The van der Waals surface area contributed by atoms with Gasteiger partial charge in [0.2, 0.25) is 0 Å². The minimum atomic E-state index is -0.634. The zero-order valence-electron chi connectivity index (χ0n) is 17.8. The molecule has 0 saturated carbocycles. The summed E-state index contributed by atoms with van der Waals surface area (Å²) in [5.41, 5.74) is 1.52. The second kappa shape index (κ2) is 11.0. The number of rotatable bonds is 11. The summed E-state index contributed by atoms with van der Waals surface area (Å²) in [6, 6.07) is 7.43. The van der Waals surface area contributed by atoms with Crippen molar-refractivity contribution in [3.05, 3.63) is 63.5 Å². The van der Waals surface area contributed by atoms with Crippen LogP contribution in [0.15, 0.2) is 47.1 Å². The van der Waals surface area contributed by atoms with Gasteiger partial charge in [-0.3, -0.25) is 9.69 Å². The van der Waals surface area contributed by atoms with Crippen molar-refractivity contribution in [2.75, 3.05) is 26.3 Å². The van der Waals surface area contributed by atoms with Crippen molar-refractivity contribution in [3.63, 3.8) is 0 Å². The lowest BCUT2D eigenvalue weighted by molar-refractivity contribution is 0.00837. The van der Waals surface area contributed by atoms with E-state index in [0.29, 0.717) is 53.2 Å². The second-order valence-corrected chi connectivity index (χ2v) is 9.21. The van der Waals surface area contributed by atoms with E-state index in [-0.39, 0.29) is 12.2 Å². The van der Waals surface area contributed by atoms with E-state index in [4.69, 9.17) is 16.3 Å². The predicted molar refractivity (Wildman–Crippen MR) is 128 cm³/mol. The number of H-pyrrole nitrogens is 1. The molecule has 0 amide bonds. The van der Waals surface area contributed by atoms with Gasteiger partial charge < -0.3 is 14.8 Å². The Hall–Kier alpha value is -2.03. The molecule has 2 aromatic heterocycles. The molecular formula is C23H28ClN3O3S. The lowest BCUT2D eigenvalue weighted by Gasteiger charge is -2.23. The summed E-state index contributed by atoms with van der Waals surface area (Å²) < 4.78 is 5.53. The van der Waals surface area contributed by atoms with Crippen LogP contribution in [0.2, 0.25) is 5.02 Å². The standard InChI is InChI=1S/C23H28ClN3O3S/c1-4-8-27(10-18(28)13-30-12-15(2)3)11-20-25-22(29)21-19(14-31-23(21)26-20)16-6-5-7-17(24)9-16/h4-7,9,14-15,18,28H,1,8,10-13H2,2-3H3,(H,25,26,29). The van der Waals surface area contributed by atoms with Gasteiger partial charge in [-0.2, -0.15) is 0 Å². The lowest BCUT2D eigenvalue weighted by atomic mass is 10.1. The summed E-state index contributed by atoms with van der Waals surface area (Å²) in [4.78, 5) is 23.1. The molecule has 0 aliphatic heterocycles. The van der Waals surface area contributed by atoms with Gasteiger partial charge in [-0.25, -0.2) is 4.98 Å². The predicted octanol–water partition coefficient (Wildman–Crippen LogP) is 4.33. The van der Waals surface area contributed by atoms with Crippen LogP contribution in [-0.2, 0) is 11.3 Å². The van der Waals surface area contributed by atoms with E-state index in [2.05, 4.69) is 30.4 Å². The van der Waals surface area contributed by atoms with E-state index in [9.17, 15) is 9.90 Å². The van der Waals surface area contributed by atoms with Crippen molar-refractivity contribution in [3.8, 4) is 11.1 Å². The average molecular weight is 462 g/mol. The van der Waals surface area contributed by atoms with Crippen LogP contribution >= 0.6 is 22.9 Å². The van der Waals surface area contributed by atoms with Crippen LogP contribution in [0.1, 0.15) is 19.7 Å². The molecule has 8 heteroatoms. The number of hydrogen-bond donors (Lipinski definition) is 2. The van der Waals surface area contributed by atoms with Crippen LogP contribution in [0.3, 0.4) is 0 Å². The third-order valence-corrected chi connectivity index (χ3v) is 5.73. The number of hydrogen-bond acceptors (Lipinski definition) is 6. The van der Waals surface area contributed by atoms with Crippen molar-refractivity contribution in [1.82, 2.24) is 14.9 Å². The zero-order valence-corrected chi connectivity index (χ0v) is 19.4. The van der Waals surface area contributed by atoms with Crippen LogP contribution in [0, 0.1) is 5.92 Å². The summed E-state index contributed by atoms with van der Waals surface area (Å²) in [5, 5.41) is 13.4. The molecule has 0 radical (unpaired) electrons. The van der Waals surface area contributed by atoms with Crippen molar-refractivity contribution in [2.45, 2.75) is 26.5 Å². The van der Waals surface area contributed by atoms with Crippen LogP contribution in [0.5, 0.6) is 0 Å². The topological polar surface area (TPSA) is 78.5 Å². The largest absolute Gasteiger partial charge is 0.389 e. The van der Waals surface area contributed by atoms with E-state index in [1.54, 1.807) is 12.1 Å². The number of aliphatic hydroxyl groups excluding tert-OH is 1. The highest BCUT2D eigenvalue weighted by Crippen LogP contribution is 2.32. The molecule has 2 N–H and O–H groups in total.